The maximum Gasteiger partial charge on any atom is 0.223 e. The van der Waals surface area contributed by atoms with E-state index in [0.717, 1.165) is 28.6 Å². The van der Waals surface area contributed by atoms with Crippen LogP contribution in [-0.2, 0) is 14.3 Å². The van der Waals surface area contributed by atoms with E-state index in [-0.39, 0.29) is 17.7 Å². The number of nitrogens with zero attached hydrogens (tertiary/aromatic N) is 1. The summed E-state index contributed by atoms with van der Waals surface area (Å²) < 4.78 is 6.25. The smallest absolute Gasteiger partial charge is 0.223 e. The summed E-state index contributed by atoms with van der Waals surface area (Å²) in [4.78, 5) is 25.8. The highest BCUT2D eigenvalue weighted by molar-refractivity contribution is 9.10. The van der Waals surface area contributed by atoms with Crippen molar-refractivity contribution >= 4 is 33.4 Å². The Morgan fingerprint density at radius 1 is 1.35 bits per heavy atom. The normalized spacial score (nSPS) is 15.3. The molecule has 0 spiro atoms. The molecule has 0 atom stereocenters. The van der Waals surface area contributed by atoms with Crippen molar-refractivity contribution < 1.29 is 14.3 Å². The van der Waals surface area contributed by atoms with Gasteiger partial charge >= 0.3 is 0 Å². The van der Waals surface area contributed by atoms with Gasteiger partial charge in [0.25, 0.3) is 0 Å². The summed E-state index contributed by atoms with van der Waals surface area (Å²) in [7, 11) is 0. The Morgan fingerprint density at radius 2 is 2.04 bits per heavy atom. The zero-order valence-corrected chi connectivity index (χ0v) is 15.2. The second-order valence-electron chi connectivity index (χ2n) is 5.78. The van der Waals surface area contributed by atoms with Gasteiger partial charge in [0.05, 0.1) is 0 Å². The number of amides is 2. The van der Waals surface area contributed by atoms with Crippen LogP contribution in [0.15, 0.2) is 22.7 Å². The molecule has 2 rings (SSSR count). The van der Waals surface area contributed by atoms with Crippen LogP contribution in [0.3, 0.4) is 0 Å². The molecule has 1 heterocycles. The molecule has 1 aliphatic rings. The Hall–Kier alpha value is -1.40. The molecule has 23 heavy (non-hydrogen) atoms. The van der Waals surface area contributed by atoms with Crippen LogP contribution in [0.1, 0.15) is 25.3 Å². The molecule has 2 amide bonds. The minimum Gasteiger partial charge on any atom is -0.381 e. The molecule has 126 valence electrons. The number of hydrogen-bond acceptors (Lipinski definition) is 3. The lowest BCUT2D eigenvalue weighted by Gasteiger charge is -2.25. The van der Waals surface area contributed by atoms with Crippen molar-refractivity contribution in [3.8, 4) is 0 Å². The van der Waals surface area contributed by atoms with Crippen molar-refractivity contribution in [2.45, 2.75) is 26.7 Å². The van der Waals surface area contributed by atoms with E-state index in [1.807, 2.05) is 25.1 Å². The molecule has 6 heteroatoms. The van der Waals surface area contributed by atoms with E-state index in [1.165, 1.54) is 0 Å². The van der Waals surface area contributed by atoms with Gasteiger partial charge < -0.3 is 15.0 Å². The first kappa shape index (κ1) is 17.9. The number of benzene rings is 1. The van der Waals surface area contributed by atoms with Gasteiger partial charge in [0.2, 0.25) is 11.8 Å². The van der Waals surface area contributed by atoms with E-state index >= 15 is 0 Å². The van der Waals surface area contributed by atoms with Gasteiger partial charge in [-0.2, -0.15) is 0 Å². The van der Waals surface area contributed by atoms with Gasteiger partial charge in [0.15, 0.2) is 0 Å². The van der Waals surface area contributed by atoms with Crippen molar-refractivity contribution in [3.05, 3.63) is 28.2 Å². The number of rotatable bonds is 5. The molecular formula is C17H23BrN2O3. The Labute approximate surface area is 145 Å². The lowest BCUT2D eigenvalue weighted by atomic mass is 9.99. The third-order valence-electron chi connectivity index (χ3n) is 4.06. The van der Waals surface area contributed by atoms with Gasteiger partial charge in [-0.25, -0.2) is 0 Å². The zero-order valence-electron chi connectivity index (χ0n) is 13.6. The lowest BCUT2D eigenvalue weighted by molar-refractivity contribution is -0.127. The fraction of sp³-hybridized carbons (Fsp3) is 0.529. The summed E-state index contributed by atoms with van der Waals surface area (Å²) in [5.74, 6) is 0.0593. The first-order valence-corrected chi connectivity index (χ1v) is 8.68. The summed E-state index contributed by atoms with van der Waals surface area (Å²) in [5.41, 5.74) is 1.89. The average molecular weight is 383 g/mol. The summed E-state index contributed by atoms with van der Waals surface area (Å²) in [5, 5.41) is 2.94. The number of carbonyl (C=O) groups is 2. The van der Waals surface area contributed by atoms with Gasteiger partial charge in [0, 0.05) is 49.3 Å². The average Bonchev–Trinajstić information content (AvgIpc) is 2.53. The fourth-order valence-corrected chi connectivity index (χ4v) is 3.24. The standard InChI is InChI=1S/C17H23BrN2O3/c1-12-11-15(18)3-4-16(12)20(13(2)21)8-7-19-17(22)14-5-9-23-10-6-14/h3-4,11,14H,5-10H2,1-2H3,(H,19,22). The van der Waals surface area contributed by atoms with E-state index in [0.29, 0.717) is 26.3 Å². The minimum absolute atomic E-state index is 0.0314. The van der Waals surface area contributed by atoms with Crippen LogP contribution in [0.2, 0.25) is 0 Å². The van der Waals surface area contributed by atoms with Crippen molar-refractivity contribution in [1.82, 2.24) is 5.32 Å². The summed E-state index contributed by atoms with van der Waals surface area (Å²) in [6.45, 7) is 5.72. The van der Waals surface area contributed by atoms with Gasteiger partial charge in [-0.05, 0) is 43.5 Å². The second-order valence-corrected chi connectivity index (χ2v) is 6.69. The molecule has 1 aromatic rings. The predicted molar refractivity (Wildman–Crippen MR) is 93.5 cm³/mol. The number of anilines is 1. The number of halogens is 1. The van der Waals surface area contributed by atoms with Crippen LogP contribution in [0.25, 0.3) is 0 Å². The maximum absolute atomic E-state index is 12.1. The van der Waals surface area contributed by atoms with Crippen LogP contribution in [0.5, 0.6) is 0 Å². The summed E-state index contributed by atoms with van der Waals surface area (Å²) >= 11 is 3.43. The van der Waals surface area contributed by atoms with Crippen LogP contribution in [-0.4, -0.2) is 38.1 Å². The Morgan fingerprint density at radius 3 is 2.65 bits per heavy atom. The van der Waals surface area contributed by atoms with Gasteiger partial charge in [0.1, 0.15) is 0 Å². The van der Waals surface area contributed by atoms with Gasteiger partial charge in [-0.15, -0.1) is 0 Å². The molecule has 5 nitrogen and oxygen atoms in total. The zero-order chi connectivity index (χ0) is 16.8. The van der Waals surface area contributed by atoms with Crippen molar-refractivity contribution in [2.75, 3.05) is 31.2 Å². The molecule has 0 unspecified atom stereocenters. The predicted octanol–water partition coefficient (Wildman–Crippen LogP) is 2.65. The molecule has 0 aromatic heterocycles. The van der Waals surface area contributed by atoms with Crippen LogP contribution in [0, 0.1) is 12.8 Å². The molecule has 1 saturated heterocycles. The molecular weight excluding hydrogens is 360 g/mol. The summed E-state index contributed by atoms with van der Waals surface area (Å²) in [6.07, 6.45) is 1.54. The first-order valence-electron chi connectivity index (χ1n) is 7.88. The number of ether oxygens (including phenoxy) is 1. The molecule has 0 bridgehead atoms. The Balaban J connectivity index is 1.92. The van der Waals surface area contributed by atoms with E-state index in [4.69, 9.17) is 4.74 Å². The molecule has 0 radical (unpaired) electrons. The topological polar surface area (TPSA) is 58.6 Å². The lowest BCUT2D eigenvalue weighted by Crippen LogP contribution is -2.41. The third-order valence-corrected chi connectivity index (χ3v) is 4.55. The van der Waals surface area contributed by atoms with Crippen molar-refractivity contribution in [1.29, 1.82) is 0 Å². The highest BCUT2D eigenvalue weighted by Crippen LogP contribution is 2.24. The van der Waals surface area contributed by atoms with Crippen LogP contribution in [0.4, 0.5) is 5.69 Å². The molecule has 1 fully saturated rings. The SMILES string of the molecule is CC(=O)N(CCNC(=O)C1CCOCC1)c1ccc(Br)cc1C. The highest BCUT2D eigenvalue weighted by Gasteiger charge is 2.21. The quantitative estimate of drug-likeness (QED) is 0.851. The van der Waals surface area contributed by atoms with Crippen molar-refractivity contribution in [2.24, 2.45) is 5.92 Å². The number of hydrogen-bond donors (Lipinski definition) is 1. The molecule has 0 saturated carbocycles. The second kappa shape index (κ2) is 8.45. The number of nitrogens with one attached hydrogen (secondary N) is 1. The molecule has 1 N–H and O–H groups in total. The van der Waals surface area contributed by atoms with Gasteiger partial charge in [-0.1, -0.05) is 15.9 Å². The Bertz CT molecular complexity index is 571. The minimum atomic E-state index is -0.0317. The maximum atomic E-state index is 12.1. The number of aryl methyl sites for hydroxylation is 1. The monoisotopic (exact) mass is 382 g/mol. The van der Waals surface area contributed by atoms with Gasteiger partial charge in [-0.3, -0.25) is 9.59 Å². The summed E-state index contributed by atoms with van der Waals surface area (Å²) in [6, 6.07) is 5.81. The van der Waals surface area contributed by atoms with Crippen LogP contribution < -0.4 is 10.2 Å². The van der Waals surface area contributed by atoms with E-state index in [1.54, 1.807) is 11.8 Å². The van der Waals surface area contributed by atoms with Crippen LogP contribution >= 0.6 is 15.9 Å². The molecule has 0 aliphatic carbocycles. The largest absolute Gasteiger partial charge is 0.381 e. The fourth-order valence-electron chi connectivity index (χ4n) is 2.76. The number of carbonyl (C=O) groups excluding carboxylic acids is 2. The Kier molecular flexibility index (Phi) is 6.59. The third kappa shape index (κ3) is 5.04. The molecule has 1 aliphatic heterocycles. The molecule has 1 aromatic carbocycles. The highest BCUT2D eigenvalue weighted by atomic mass is 79.9. The van der Waals surface area contributed by atoms with E-state index in [2.05, 4.69) is 21.2 Å². The van der Waals surface area contributed by atoms with E-state index < -0.39 is 0 Å². The van der Waals surface area contributed by atoms with E-state index in [9.17, 15) is 9.59 Å². The van der Waals surface area contributed by atoms with Crippen molar-refractivity contribution in [3.63, 3.8) is 0 Å². The first-order chi connectivity index (χ1) is 11.0.